The lowest BCUT2D eigenvalue weighted by atomic mass is 9.92. The van der Waals surface area contributed by atoms with Crippen molar-refractivity contribution in [2.24, 2.45) is 5.73 Å². The van der Waals surface area contributed by atoms with Crippen LogP contribution in [-0.4, -0.2) is 42.3 Å². The van der Waals surface area contributed by atoms with E-state index in [1.54, 1.807) is 0 Å². The Morgan fingerprint density at radius 2 is 1.86 bits per heavy atom. The zero-order valence-electron chi connectivity index (χ0n) is 8.69. The maximum absolute atomic E-state index is 5.91. The summed E-state index contributed by atoms with van der Waals surface area (Å²) in [5.41, 5.74) is 5.91. The lowest BCUT2D eigenvalue weighted by molar-refractivity contribution is 0.0606. The molecule has 14 heavy (non-hydrogen) atoms. The van der Waals surface area contributed by atoms with Crippen molar-refractivity contribution in [2.75, 3.05) is 13.1 Å². The van der Waals surface area contributed by atoms with Gasteiger partial charge in [0.05, 0.1) is 12.2 Å². The lowest BCUT2D eigenvalue weighted by Gasteiger charge is -2.37. The van der Waals surface area contributed by atoms with Crippen LogP contribution in [0, 0.1) is 0 Å². The number of nitrogens with zero attached hydrogens (tertiary/aromatic N) is 1. The summed E-state index contributed by atoms with van der Waals surface area (Å²) in [7, 11) is 0. The van der Waals surface area contributed by atoms with Crippen LogP contribution in [0.4, 0.5) is 0 Å². The summed E-state index contributed by atoms with van der Waals surface area (Å²) < 4.78 is 5.89. The predicted octanol–water partition coefficient (Wildman–Crippen LogP) is 0.729. The summed E-state index contributed by atoms with van der Waals surface area (Å²) in [4.78, 5) is 2.62. The van der Waals surface area contributed by atoms with Gasteiger partial charge in [-0.2, -0.15) is 0 Å². The molecule has 2 N–H and O–H groups in total. The highest BCUT2D eigenvalue weighted by molar-refractivity contribution is 4.96. The van der Waals surface area contributed by atoms with Crippen molar-refractivity contribution in [1.82, 2.24) is 4.90 Å². The molecule has 0 spiro atoms. The molecule has 3 aliphatic rings. The van der Waals surface area contributed by atoms with Crippen LogP contribution in [0.2, 0.25) is 0 Å². The van der Waals surface area contributed by atoms with Crippen LogP contribution in [0.3, 0.4) is 0 Å². The van der Waals surface area contributed by atoms with Gasteiger partial charge < -0.3 is 10.5 Å². The van der Waals surface area contributed by atoms with Crippen LogP contribution < -0.4 is 5.73 Å². The number of hydrogen-bond acceptors (Lipinski definition) is 3. The van der Waals surface area contributed by atoms with E-state index in [0.29, 0.717) is 18.2 Å². The van der Waals surface area contributed by atoms with Gasteiger partial charge >= 0.3 is 0 Å². The fourth-order valence-corrected chi connectivity index (χ4v) is 3.25. The first-order valence-electron chi connectivity index (χ1n) is 5.98. The molecule has 80 valence electrons. The van der Waals surface area contributed by atoms with E-state index in [1.807, 2.05) is 0 Å². The Hall–Kier alpha value is -0.120. The number of likely N-dealkylation sites (tertiary alicyclic amines) is 1. The zero-order chi connectivity index (χ0) is 9.54. The number of rotatable bonds is 1. The molecule has 0 saturated carbocycles. The number of ether oxygens (including phenoxy) is 1. The quantitative estimate of drug-likeness (QED) is 0.672. The molecule has 3 heteroatoms. The minimum absolute atomic E-state index is 0.450. The molecule has 3 atom stereocenters. The summed E-state index contributed by atoms with van der Waals surface area (Å²) in [6.07, 6.45) is 7.35. The van der Waals surface area contributed by atoms with Crippen LogP contribution in [0.25, 0.3) is 0 Å². The van der Waals surface area contributed by atoms with Crippen molar-refractivity contribution in [3.63, 3.8) is 0 Å². The van der Waals surface area contributed by atoms with Gasteiger partial charge in [0.1, 0.15) is 0 Å². The molecule has 2 bridgehead atoms. The molecular weight excluding hydrogens is 176 g/mol. The van der Waals surface area contributed by atoms with Gasteiger partial charge in [-0.3, -0.25) is 4.90 Å². The van der Waals surface area contributed by atoms with Gasteiger partial charge in [0, 0.05) is 25.2 Å². The molecular formula is C11H20N2O. The Kier molecular flexibility index (Phi) is 2.26. The van der Waals surface area contributed by atoms with Crippen molar-refractivity contribution >= 4 is 0 Å². The maximum Gasteiger partial charge on any atom is 0.0735 e. The summed E-state index contributed by atoms with van der Waals surface area (Å²) in [5.74, 6) is 0. The minimum Gasteiger partial charge on any atom is -0.373 e. The van der Waals surface area contributed by atoms with E-state index in [-0.39, 0.29) is 0 Å². The Labute approximate surface area is 85.6 Å². The highest BCUT2D eigenvalue weighted by atomic mass is 16.5. The second-order valence-electron chi connectivity index (χ2n) is 5.05. The molecule has 0 aromatic carbocycles. The SMILES string of the molecule is NC1CCN(C2CC3CCC2O3)CC1. The van der Waals surface area contributed by atoms with Crippen LogP contribution in [-0.2, 0) is 4.74 Å². The monoisotopic (exact) mass is 196 g/mol. The molecule has 3 unspecified atom stereocenters. The summed E-state index contributed by atoms with van der Waals surface area (Å²) in [6.45, 7) is 2.39. The molecule has 0 amide bonds. The van der Waals surface area contributed by atoms with E-state index in [4.69, 9.17) is 10.5 Å². The fourth-order valence-electron chi connectivity index (χ4n) is 3.25. The Balaban J connectivity index is 1.61. The third-order valence-electron chi connectivity index (χ3n) is 4.12. The van der Waals surface area contributed by atoms with Crippen LogP contribution >= 0.6 is 0 Å². The normalized spacial score (nSPS) is 44.8. The predicted molar refractivity (Wildman–Crippen MR) is 55.1 cm³/mol. The summed E-state index contributed by atoms with van der Waals surface area (Å²) >= 11 is 0. The highest BCUT2D eigenvalue weighted by Crippen LogP contribution is 2.37. The first-order chi connectivity index (χ1) is 6.83. The molecule has 3 saturated heterocycles. The third-order valence-corrected chi connectivity index (χ3v) is 4.12. The molecule has 3 nitrogen and oxygen atoms in total. The largest absolute Gasteiger partial charge is 0.373 e. The standard InChI is InChI=1S/C11H20N2O/c12-8-3-5-13(6-4-8)10-7-9-1-2-11(10)14-9/h8-11H,1-7,12H2. The molecule has 0 aliphatic carbocycles. The first kappa shape index (κ1) is 9.13. The van der Waals surface area contributed by atoms with E-state index in [0.717, 1.165) is 6.04 Å². The maximum atomic E-state index is 5.91. The first-order valence-corrected chi connectivity index (χ1v) is 5.98. The highest BCUT2D eigenvalue weighted by Gasteiger charge is 2.43. The third kappa shape index (κ3) is 1.47. The second-order valence-corrected chi connectivity index (χ2v) is 5.05. The lowest BCUT2D eigenvalue weighted by Crippen LogP contribution is -2.48. The Morgan fingerprint density at radius 3 is 2.43 bits per heavy atom. The van der Waals surface area contributed by atoms with E-state index in [1.165, 1.54) is 45.2 Å². The van der Waals surface area contributed by atoms with Crippen molar-refractivity contribution in [2.45, 2.75) is 56.4 Å². The topological polar surface area (TPSA) is 38.5 Å². The number of piperidine rings is 1. The van der Waals surface area contributed by atoms with Crippen molar-refractivity contribution in [3.8, 4) is 0 Å². The molecule has 3 aliphatic heterocycles. The van der Waals surface area contributed by atoms with E-state index < -0.39 is 0 Å². The van der Waals surface area contributed by atoms with Gasteiger partial charge in [0.25, 0.3) is 0 Å². The van der Waals surface area contributed by atoms with Crippen LogP contribution in [0.1, 0.15) is 32.1 Å². The number of hydrogen-bond donors (Lipinski definition) is 1. The van der Waals surface area contributed by atoms with Gasteiger partial charge in [0.15, 0.2) is 0 Å². The van der Waals surface area contributed by atoms with Crippen LogP contribution in [0.5, 0.6) is 0 Å². The average Bonchev–Trinajstić information content (AvgIpc) is 2.80. The molecule has 0 radical (unpaired) electrons. The fraction of sp³-hybridized carbons (Fsp3) is 1.00. The summed E-state index contributed by atoms with van der Waals surface area (Å²) in [5, 5.41) is 0. The number of nitrogens with two attached hydrogens (primary N) is 1. The van der Waals surface area contributed by atoms with Gasteiger partial charge in [-0.25, -0.2) is 0 Å². The van der Waals surface area contributed by atoms with E-state index in [9.17, 15) is 0 Å². The van der Waals surface area contributed by atoms with Crippen LogP contribution in [0.15, 0.2) is 0 Å². The second kappa shape index (κ2) is 3.47. The van der Waals surface area contributed by atoms with E-state index >= 15 is 0 Å². The summed E-state index contributed by atoms with van der Waals surface area (Å²) in [6, 6.07) is 1.17. The average molecular weight is 196 g/mol. The number of fused-ring (bicyclic) bond motifs is 2. The molecule has 0 aromatic rings. The van der Waals surface area contributed by atoms with Crippen molar-refractivity contribution in [1.29, 1.82) is 0 Å². The van der Waals surface area contributed by atoms with Gasteiger partial charge in [0.2, 0.25) is 0 Å². The smallest absolute Gasteiger partial charge is 0.0735 e. The van der Waals surface area contributed by atoms with Crippen molar-refractivity contribution < 1.29 is 4.74 Å². The molecule has 3 rings (SSSR count). The zero-order valence-corrected chi connectivity index (χ0v) is 8.69. The Bertz CT molecular complexity index is 213. The molecule has 0 aromatic heterocycles. The minimum atomic E-state index is 0.450. The van der Waals surface area contributed by atoms with Crippen molar-refractivity contribution in [3.05, 3.63) is 0 Å². The van der Waals surface area contributed by atoms with Gasteiger partial charge in [-0.05, 0) is 32.1 Å². The Morgan fingerprint density at radius 1 is 1.07 bits per heavy atom. The van der Waals surface area contributed by atoms with Gasteiger partial charge in [-0.1, -0.05) is 0 Å². The molecule has 3 fully saturated rings. The molecule has 3 heterocycles. The van der Waals surface area contributed by atoms with E-state index in [2.05, 4.69) is 4.90 Å². The van der Waals surface area contributed by atoms with Gasteiger partial charge in [-0.15, -0.1) is 0 Å².